The van der Waals surface area contributed by atoms with Crippen LogP contribution in [0.5, 0.6) is 0 Å². The highest BCUT2D eigenvalue weighted by Crippen LogP contribution is 2.26. The van der Waals surface area contributed by atoms with E-state index < -0.39 is 0 Å². The van der Waals surface area contributed by atoms with Crippen LogP contribution >= 0.6 is 0 Å². The molecule has 5 heteroatoms. The molecule has 2 aromatic carbocycles. The summed E-state index contributed by atoms with van der Waals surface area (Å²) in [7, 11) is 0. The van der Waals surface area contributed by atoms with Crippen molar-refractivity contribution in [1.29, 1.82) is 0 Å². The van der Waals surface area contributed by atoms with Crippen molar-refractivity contribution in [2.24, 2.45) is 11.7 Å². The molecule has 0 spiro atoms. The Balaban J connectivity index is 1.44. The molecule has 1 fully saturated rings. The molecule has 3 heterocycles. The first-order chi connectivity index (χ1) is 15.1. The third-order valence-electron chi connectivity index (χ3n) is 6.53. The molecule has 0 unspecified atom stereocenters. The van der Waals surface area contributed by atoms with Crippen molar-refractivity contribution >= 4 is 27.9 Å². The molecule has 5 rings (SSSR count). The van der Waals surface area contributed by atoms with Crippen LogP contribution in [-0.4, -0.2) is 34.5 Å². The van der Waals surface area contributed by atoms with Crippen molar-refractivity contribution in [2.45, 2.75) is 19.4 Å². The van der Waals surface area contributed by atoms with E-state index in [1.54, 1.807) is 0 Å². The summed E-state index contributed by atoms with van der Waals surface area (Å²) < 4.78 is 0. The van der Waals surface area contributed by atoms with Crippen molar-refractivity contribution in [3.8, 4) is 11.3 Å². The second-order valence-electron chi connectivity index (χ2n) is 8.62. The lowest BCUT2D eigenvalue weighted by Gasteiger charge is -2.31. The number of aromatic amines is 2. The largest absolute Gasteiger partial charge is 0.354 e. The highest BCUT2D eigenvalue weighted by molar-refractivity contribution is 5.89. The van der Waals surface area contributed by atoms with Gasteiger partial charge in [-0.1, -0.05) is 24.8 Å². The predicted molar refractivity (Wildman–Crippen MR) is 129 cm³/mol. The van der Waals surface area contributed by atoms with E-state index in [4.69, 9.17) is 5.73 Å². The minimum absolute atomic E-state index is 0.0894. The third-order valence-corrected chi connectivity index (χ3v) is 6.53. The monoisotopic (exact) mass is 412 g/mol. The van der Waals surface area contributed by atoms with Crippen LogP contribution in [0, 0.1) is 5.92 Å². The van der Waals surface area contributed by atoms with Crippen LogP contribution in [0.15, 0.2) is 59.9 Å². The number of nitrogens with one attached hydrogen (secondary N) is 2. The first-order valence-corrected chi connectivity index (χ1v) is 11.0. The van der Waals surface area contributed by atoms with Gasteiger partial charge in [0.15, 0.2) is 0 Å². The van der Waals surface area contributed by atoms with Crippen molar-refractivity contribution in [2.75, 3.05) is 19.6 Å². The minimum Gasteiger partial charge on any atom is -0.354 e. The van der Waals surface area contributed by atoms with E-state index in [9.17, 15) is 4.79 Å². The highest BCUT2D eigenvalue weighted by atomic mass is 16.1. The van der Waals surface area contributed by atoms with E-state index in [0.29, 0.717) is 11.5 Å². The summed E-state index contributed by atoms with van der Waals surface area (Å²) in [6.07, 6.45) is 4.18. The maximum atomic E-state index is 12.7. The summed E-state index contributed by atoms with van der Waals surface area (Å²) >= 11 is 0. The van der Waals surface area contributed by atoms with E-state index >= 15 is 0 Å². The number of H-pyrrole nitrogens is 2. The number of hydrogen-bond donors (Lipinski definition) is 3. The summed E-state index contributed by atoms with van der Waals surface area (Å²) in [4.78, 5) is 21.7. The standard InChI is InChI=1S/C26H28N4O/c1-2-17-3-5-24-20(11-17)13-22(26(31)29-24)25-14-21-12-19(4-6-23(21)28-25)16-30-9-7-18(15-27)8-10-30/h2-6,11-14,18,28H,1,7-10,15-16,27H2,(H,29,31). The number of pyridine rings is 1. The molecule has 4 aromatic rings. The smallest absolute Gasteiger partial charge is 0.257 e. The molecule has 1 aliphatic heterocycles. The van der Waals surface area contributed by atoms with Gasteiger partial charge in [0.2, 0.25) is 0 Å². The molecule has 0 amide bonds. The molecule has 5 nitrogen and oxygen atoms in total. The van der Waals surface area contributed by atoms with E-state index in [2.05, 4.69) is 45.7 Å². The maximum absolute atomic E-state index is 12.7. The van der Waals surface area contributed by atoms with Gasteiger partial charge in [0.25, 0.3) is 5.56 Å². The van der Waals surface area contributed by atoms with E-state index in [0.717, 1.165) is 59.2 Å². The van der Waals surface area contributed by atoms with Crippen LogP contribution in [0.3, 0.4) is 0 Å². The van der Waals surface area contributed by atoms with Gasteiger partial charge in [-0.15, -0.1) is 0 Å². The van der Waals surface area contributed by atoms with Gasteiger partial charge in [0.1, 0.15) is 0 Å². The van der Waals surface area contributed by atoms with Gasteiger partial charge in [-0.05, 0) is 91.3 Å². The lowest BCUT2D eigenvalue weighted by Crippen LogP contribution is -2.35. The molecular weight excluding hydrogens is 384 g/mol. The molecule has 0 aliphatic carbocycles. The molecule has 2 aromatic heterocycles. The molecular formula is C26H28N4O. The topological polar surface area (TPSA) is 77.9 Å². The summed E-state index contributed by atoms with van der Waals surface area (Å²) in [5.41, 5.74) is 11.4. The Kier molecular flexibility index (Phi) is 5.22. The Morgan fingerprint density at radius 3 is 2.52 bits per heavy atom. The molecule has 4 N–H and O–H groups in total. The summed E-state index contributed by atoms with van der Waals surface area (Å²) in [6.45, 7) is 7.81. The van der Waals surface area contributed by atoms with Crippen molar-refractivity contribution < 1.29 is 0 Å². The lowest BCUT2D eigenvalue weighted by molar-refractivity contribution is 0.180. The van der Waals surface area contributed by atoms with Crippen LogP contribution in [-0.2, 0) is 6.54 Å². The lowest BCUT2D eigenvalue weighted by atomic mass is 9.97. The summed E-state index contributed by atoms with van der Waals surface area (Å²) in [6, 6.07) is 16.5. The normalized spacial score (nSPS) is 15.6. The molecule has 0 atom stereocenters. The second-order valence-corrected chi connectivity index (χ2v) is 8.62. The zero-order chi connectivity index (χ0) is 21.4. The highest BCUT2D eigenvalue weighted by Gasteiger charge is 2.18. The van der Waals surface area contributed by atoms with Gasteiger partial charge in [-0.25, -0.2) is 0 Å². The van der Waals surface area contributed by atoms with Gasteiger partial charge in [-0.3, -0.25) is 9.69 Å². The van der Waals surface area contributed by atoms with Crippen LogP contribution in [0.25, 0.3) is 39.1 Å². The fourth-order valence-corrected chi connectivity index (χ4v) is 4.62. The number of fused-ring (bicyclic) bond motifs is 2. The van der Waals surface area contributed by atoms with Crippen LogP contribution in [0.4, 0.5) is 0 Å². The van der Waals surface area contributed by atoms with Crippen molar-refractivity contribution in [3.63, 3.8) is 0 Å². The van der Waals surface area contributed by atoms with Gasteiger partial charge < -0.3 is 15.7 Å². The Morgan fingerprint density at radius 1 is 1.00 bits per heavy atom. The second kappa shape index (κ2) is 8.17. The summed E-state index contributed by atoms with van der Waals surface area (Å²) in [5, 5.41) is 2.12. The van der Waals surface area contributed by atoms with E-state index in [-0.39, 0.29) is 5.56 Å². The number of hydrogen-bond acceptors (Lipinski definition) is 3. The Labute approximate surface area is 181 Å². The number of rotatable bonds is 5. The number of nitrogens with zero attached hydrogens (tertiary/aromatic N) is 1. The molecule has 1 saturated heterocycles. The van der Waals surface area contributed by atoms with Crippen LogP contribution < -0.4 is 11.3 Å². The predicted octanol–water partition coefficient (Wildman–Crippen LogP) is 4.49. The van der Waals surface area contributed by atoms with Gasteiger partial charge in [0, 0.05) is 23.0 Å². The number of piperidine rings is 1. The van der Waals surface area contributed by atoms with Crippen LogP contribution in [0.2, 0.25) is 0 Å². The Hall–Kier alpha value is -3.15. The zero-order valence-corrected chi connectivity index (χ0v) is 17.7. The van der Waals surface area contributed by atoms with Crippen LogP contribution in [0.1, 0.15) is 24.0 Å². The average Bonchev–Trinajstić information content (AvgIpc) is 3.22. The maximum Gasteiger partial charge on any atom is 0.257 e. The number of aromatic nitrogens is 2. The molecule has 0 radical (unpaired) electrons. The number of benzene rings is 2. The fourth-order valence-electron chi connectivity index (χ4n) is 4.62. The average molecular weight is 413 g/mol. The molecule has 158 valence electrons. The van der Waals surface area contributed by atoms with E-state index in [1.807, 2.05) is 30.3 Å². The third kappa shape index (κ3) is 3.94. The number of nitrogens with two attached hydrogens (primary N) is 1. The van der Waals surface area contributed by atoms with Gasteiger partial charge in [0.05, 0.1) is 11.3 Å². The molecule has 0 bridgehead atoms. The Bertz CT molecular complexity index is 1310. The van der Waals surface area contributed by atoms with Crippen molar-refractivity contribution in [1.82, 2.24) is 14.9 Å². The first-order valence-electron chi connectivity index (χ1n) is 11.0. The quantitative estimate of drug-likeness (QED) is 0.452. The van der Waals surface area contributed by atoms with Gasteiger partial charge >= 0.3 is 0 Å². The van der Waals surface area contributed by atoms with E-state index in [1.165, 1.54) is 18.4 Å². The minimum atomic E-state index is -0.0894. The summed E-state index contributed by atoms with van der Waals surface area (Å²) in [5.74, 6) is 0.675. The molecule has 0 saturated carbocycles. The van der Waals surface area contributed by atoms with Gasteiger partial charge in [-0.2, -0.15) is 0 Å². The molecule has 1 aliphatic rings. The first kappa shape index (κ1) is 19.8. The molecule has 31 heavy (non-hydrogen) atoms. The number of likely N-dealkylation sites (tertiary alicyclic amines) is 1. The zero-order valence-electron chi connectivity index (χ0n) is 17.7. The SMILES string of the molecule is C=Cc1ccc2[nH]c(=O)c(-c3cc4cc(CN5CCC(CN)CC5)ccc4[nH]3)cc2c1. The Morgan fingerprint density at radius 2 is 1.74 bits per heavy atom. The fraction of sp³-hybridized carbons (Fsp3) is 0.269. The van der Waals surface area contributed by atoms with Crippen molar-refractivity contribution in [3.05, 3.63) is 76.6 Å².